The van der Waals surface area contributed by atoms with Crippen molar-refractivity contribution in [2.75, 3.05) is 13.2 Å². The molecular formula is C19H23N3O3. The second-order valence-electron chi connectivity index (χ2n) is 6.84. The van der Waals surface area contributed by atoms with Crippen LogP contribution >= 0.6 is 0 Å². The molecule has 1 atom stereocenters. The van der Waals surface area contributed by atoms with E-state index in [1.807, 2.05) is 24.4 Å². The zero-order valence-corrected chi connectivity index (χ0v) is 14.2. The van der Waals surface area contributed by atoms with Crippen molar-refractivity contribution in [1.82, 2.24) is 9.97 Å². The maximum absolute atomic E-state index is 9.57. The van der Waals surface area contributed by atoms with E-state index < -0.39 is 0 Å². The predicted octanol–water partition coefficient (Wildman–Crippen LogP) is 3.05. The molecule has 1 aromatic carbocycles. The lowest BCUT2D eigenvalue weighted by Crippen LogP contribution is -2.18. The van der Waals surface area contributed by atoms with Gasteiger partial charge in [-0.25, -0.2) is 15.0 Å². The van der Waals surface area contributed by atoms with Crippen molar-refractivity contribution in [2.24, 2.45) is 10.9 Å². The number of fused-ring (bicyclic) bond motifs is 1. The normalized spacial score (nSPS) is 27.2. The van der Waals surface area contributed by atoms with Gasteiger partial charge in [0.15, 0.2) is 0 Å². The highest BCUT2D eigenvalue weighted by atomic mass is 16.5. The molecule has 0 bridgehead atoms. The highest BCUT2D eigenvalue weighted by molar-refractivity contribution is 5.80. The molecule has 1 aromatic heterocycles. The highest BCUT2D eigenvalue weighted by Gasteiger charge is 2.18. The van der Waals surface area contributed by atoms with E-state index in [4.69, 9.17) is 9.47 Å². The average Bonchev–Trinajstić information content (AvgIpc) is 3.14. The molecule has 1 unspecified atom stereocenters. The molecule has 1 aliphatic carbocycles. The Kier molecular flexibility index (Phi) is 4.90. The molecular weight excluding hydrogens is 318 g/mol. The van der Waals surface area contributed by atoms with Crippen LogP contribution in [0.15, 0.2) is 29.4 Å². The van der Waals surface area contributed by atoms with E-state index in [0.29, 0.717) is 18.5 Å². The molecule has 1 aliphatic heterocycles. The summed E-state index contributed by atoms with van der Waals surface area (Å²) < 4.78 is 11.3. The second kappa shape index (κ2) is 7.45. The largest absolute Gasteiger partial charge is 0.488 e. The fourth-order valence-electron chi connectivity index (χ4n) is 3.35. The maximum Gasteiger partial charge on any atom is 0.249 e. The summed E-state index contributed by atoms with van der Waals surface area (Å²) >= 11 is 0. The van der Waals surface area contributed by atoms with Crippen molar-refractivity contribution in [1.29, 1.82) is 0 Å². The number of aromatic nitrogens is 2. The van der Waals surface area contributed by atoms with Gasteiger partial charge in [-0.05, 0) is 43.7 Å². The number of benzene rings is 1. The molecule has 0 radical (unpaired) electrons. The Balaban J connectivity index is 1.48. The molecule has 0 amide bonds. The van der Waals surface area contributed by atoms with Crippen LogP contribution in [-0.4, -0.2) is 46.7 Å². The zero-order chi connectivity index (χ0) is 17.1. The highest BCUT2D eigenvalue weighted by Crippen LogP contribution is 2.25. The Labute approximate surface area is 146 Å². The van der Waals surface area contributed by atoms with Crippen LogP contribution < -0.4 is 4.74 Å². The van der Waals surface area contributed by atoms with Gasteiger partial charge in [-0.15, -0.1) is 0 Å². The topological polar surface area (TPSA) is 76.8 Å². The van der Waals surface area contributed by atoms with Gasteiger partial charge in [-0.1, -0.05) is 0 Å². The van der Waals surface area contributed by atoms with Gasteiger partial charge in [0.2, 0.25) is 5.95 Å². The minimum Gasteiger partial charge on any atom is -0.488 e. The van der Waals surface area contributed by atoms with Gasteiger partial charge in [-0.2, -0.15) is 0 Å². The minimum absolute atomic E-state index is 0.124. The van der Waals surface area contributed by atoms with Gasteiger partial charge >= 0.3 is 0 Å². The van der Waals surface area contributed by atoms with Gasteiger partial charge in [0.1, 0.15) is 11.9 Å². The van der Waals surface area contributed by atoms with E-state index in [-0.39, 0.29) is 12.2 Å². The number of aliphatic hydroxyl groups is 1. The van der Waals surface area contributed by atoms with E-state index in [1.165, 1.54) is 0 Å². The van der Waals surface area contributed by atoms with Gasteiger partial charge < -0.3 is 14.6 Å². The number of nitrogens with zero attached hydrogens (tertiary/aromatic N) is 3. The van der Waals surface area contributed by atoms with Crippen LogP contribution in [0.4, 0.5) is 5.95 Å². The molecule has 6 nitrogen and oxygen atoms in total. The lowest BCUT2D eigenvalue weighted by molar-refractivity contribution is 0.121. The Morgan fingerprint density at radius 2 is 2.08 bits per heavy atom. The quantitative estimate of drug-likeness (QED) is 0.865. The zero-order valence-electron chi connectivity index (χ0n) is 14.2. The number of hydrogen-bond donors (Lipinski definition) is 1. The van der Waals surface area contributed by atoms with E-state index in [0.717, 1.165) is 55.4 Å². The molecule has 1 N–H and O–H groups in total. The summed E-state index contributed by atoms with van der Waals surface area (Å²) in [7, 11) is 0. The molecule has 2 aromatic rings. The van der Waals surface area contributed by atoms with Crippen LogP contribution in [0.5, 0.6) is 5.75 Å². The van der Waals surface area contributed by atoms with Crippen molar-refractivity contribution in [3.8, 4) is 5.75 Å². The van der Waals surface area contributed by atoms with Crippen LogP contribution in [0.1, 0.15) is 32.1 Å². The third-order valence-corrected chi connectivity index (χ3v) is 4.87. The Bertz CT molecular complexity index is 751. The molecule has 2 fully saturated rings. The molecule has 4 rings (SSSR count). The van der Waals surface area contributed by atoms with Crippen molar-refractivity contribution in [3.05, 3.63) is 24.4 Å². The number of aliphatic imine (C=N–C) groups is 1. The SMILES string of the molecule is OC1CCC(/C=N/c2ncc3ccc(OC4CCOC4)cc3n2)CC1. The van der Waals surface area contributed by atoms with E-state index >= 15 is 0 Å². The summed E-state index contributed by atoms with van der Waals surface area (Å²) in [6, 6.07) is 5.85. The van der Waals surface area contributed by atoms with Gasteiger partial charge in [-0.3, -0.25) is 0 Å². The number of hydrogen-bond acceptors (Lipinski definition) is 6. The third kappa shape index (κ3) is 4.14. The molecule has 132 valence electrons. The first-order valence-corrected chi connectivity index (χ1v) is 9.00. The Morgan fingerprint density at radius 1 is 1.20 bits per heavy atom. The summed E-state index contributed by atoms with van der Waals surface area (Å²) in [4.78, 5) is 13.3. The summed E-state index contributed by atoms with van der Waals surface area (Å²) in [5.41, 5.74) is 0.831. The number of aliphatic hydroxyl groups excluding tert-OH is 1. The van der Waals surface area contributed by atoms with Crippen LogP contribution in [0.2, 0.25) is 0 Å². The summed E-state index contributed by atoms with van der Waals surface area (Å²) in [6.07, 6.45) is 8.27. The third-order valence-electron chi connectivity index (χ3n) is 4.87. The van der Waals surface area contributed by atoms with Crippen LogP contribution in [0.3, 0.4) is 0 Å². The Morgan fingerprint density at radius 3 is 2.88 bits per heavy atom. The van der Waals surface area contributed by atoms with Gasteiger partial charge in [0.25, 0.3) is 0 Å². The van der Waals surface area contributed by atoms with Crippen LogP contribution in [-0.2, 0) is 4.74 Å². The molecule has 2 heterocycles. The summed E-state index contributed by atoms with van der Waals surface area (Å²) in [5.74, 6) is 1.68. The first kappa shape index (κ1) is 16.4. The second-order valence-corrected chi connectivity index (χ2v) is 6.84. The summed E-state index contributed by atoms with van der Waals surface area (Å²) in [6.45, 7) is 1.41. The van der Waals surface area contributed by atoms with E-state index in [9.17, 15) is 5.11 Å². The Hall–Kier alpha value is -2.05. The summed E-state index contributed by atoms with van der Waals surface area (Å²) in [5, 5.41) is 10.5. The smallest absolute Gasteiger partial charge is 0.249 e. The van der Waals surface area contributed by atoms with Gasteiger partial charge in [0, 0.05) is 30.3 Å². The van der Waals surface area contributed by atoms with Crippen LogP contribution in [0.25, 0.3) is 10.9 Å². The standard InChI is InChI=1S/C19H23N3O3/c23-15-4-1-13(2-5-15)10-20-19-21-11-14-3-6-16(9-18(14)22-19)25-17-7-8-24-12-17/h3,6,9-11,13,15,17,23H,1-2,4-5,7-8,12H2/b20-10+. The average molecular weight is 341 g/mol. The monoisotopic (exact) mass is 341 g/mol. The minimum atomic E-state index is -0.148. The maximum atomic E-state index is 9.57. The lowest BCUT2D eigenvalue weighted by atomic mass is 9.88. The van der Waals surface area contributed by atoms with Crippen molar-refractivity contribution < 1.29 is 14.6 Å². The van der Waals surface area contributed by atoms with Crippen molar-refractivity contribution in [3.63, 3.8) is 0 Å². The fraction of sp³-hybridized carbons (Fsp3) is 0.526. The van der Waals surface area contributed by atoms with Gasteiger partial charge in [0.05, 0.1) is 24.8 Å². The molecule has 1 saturated carbocycles. The first-order valence-electron chi connectivity index (χ1n) is 9.00. The molecule has 1 saturated heterocycles. The van der Waals surface area contributed by atoms with E-state index in [2.05, 4.69) is 15.0 Å². The first-order chi connectivity index (χ1) is 12.3. The molecule has 0 spiro atoms. The van der Waals surface area contributed by atoms with Crippen molar-refractivity contribution in [2.45, 2.75) is 44.3 Å². The molecule has 2 aliphatic rings. The molecule has 6 heteroatoms. The number of ether oxygens (including phenoxy) is 2. The fourth-order valence-corrected chi connectivity index (χ4v) is 3.35. The van der Waals surface area contributed by atoms with Crippen molar-refractivity contribution >= 4 is 23.1 Å². The van der Waals surface area contributed by atoms with E-state index in [1.54, 1.807) is 6.20 Å². The predicted molar refractivity (Wildman–Crippen MR) is 95.5 cm³/mol. The lowest BCUT2D eigenvalue weighted by Gasteiger charge is -2.21. The molecule has 25 heavy (non-hydrogen) atoms. The number of rotatable bonds is 4. The van der Waals surface area contributed by atoms with Crippen LogP contribution in [0, 0.1) is 5.92 Å².